The first-order valence-corrected chi connectivity index (χ1v) is 13.4. The summed E-state index contributed by atoms with van der Waals surface area (Å²) in [6.07, 6.45) is 5.60. The third-order valence-electron chi connectivity index (χ3n) is 7.11. The van der Waals surface area contributed by atoms with Gasteiger partial charge in [0.15, 0.2) is 5.13 Å². The molecule has 4 aromatic rings. The van der Waals surface area contributed by atoms with Crippen molar-refractivity contribution in [3.8, 4) is 22.4 Å². The van der Waals surface area contributed by atoms with Crippen LogP contribution < -0.4 is 4.90 Å². The molecule has 1 atom stereocenters. The summed E-state index contributed by atoms with van der Waals surface area (Å²) in [5.74, 6) is -2.08. The zero-order valence-electron chi connectivity index (χ0n) is 21.3. The van der Waals surface area contributed by atoms with Crippen LogP contribution in [0.4, 0.5) is 9.52 Å². The highest BCUT2D eigenvalue weighted by molar-refractivity contribution is 7.14. The van der Waals surface area contributed by atoms with Crippen LogP contribution in [0.3, 0.4) is 0 Å². The van der Waals surface area contributed by atoms with Crippen LogP contribution in [0.2, 0.25) is 0 Å². The first-order valence-electron chi connectivity index (χ1n) is 12.5. The molecule has 0 bridgehead atoms. The number of hydrogen-bond acceptors (Lipinski definition) is 6. The number of aryl methyl sites for hydroxylation is 1. The Balaban J connectivity index is 1.42. The number of carboxylic acid groups (broad SMARTS) is 1. The average Bonchev–Trinajstić information content (AvgIpc) is 3.55. The number of nitrogens with zero attached hydrogens (tertiary/aromatic N) is 4. The molecule has 0 aliphatic carbocycles. The number of benzene rings is 1. The van der Waals surface area contributed by atoms with Gasteiger partial charge in [-0.05, 0) is 55.0 Å². The molecule has 1 aliphatic rings. The average molecular weight is 537 g/mol. The van der Waals surface area contributed by atoms with Crippen LogP contribution in [0, 0.1) is 17.7 Å². The molecule has 0 radical (unpaired) electrons. The van der Waals surface area contributed by atoms with Crippen LogP contribution in [0.5, 0.6) is 0 Å². The molecule has 1 amide bonds. The monoisotopic (exact) mass is 536 g/mol. The Bertz CT molecular complexity index is 1480. The summed E-state index contributed by atoms with van der Waals surface area (Å²) in [6, 6.07) is 8.54. The summed E-state index contributed by atoms with van der Waals surface area (Å²) in [5, 5.41) is 12.6. The predicted molar refractivity (Wildman–Crippen MR) is 145 cm³/mol. The van der Waals surface area contributed by atoms with Crippen molar-refractivity contribution in [2.24, 2.45) is 18.9 Å². The number of thiazole rings is 1. The van der Waals surface area contributed by atoms with Crippen molar-refractivity contribution in [3.05, 3.63) is 53.9 Å². The van der Waals surface area contributed by atoms with Crippen molar-refractivity contribution < 1.29 is 23.8 Å². The molecule has 38 heavy (non-hydrogen) atoms. The molecule has 1 saturated heterocycles. The van der Waals surface area contributed by atoms with E-state index in [9.17, 15) is 19.1 Å². The molecule has 1 N–H and O–H groups in total. The Labute approximate surface area is 223 Å². The maximum absolute atomic E-state index is 14.4. The van der Waals surface area contributed by atoms with Crippen molar-refractivity contribution >= 4 is 39.4 Å². The van der Waals surface area contributed by atoms with Crippen LogP contribution >= 0.6 is 11.3 Å². The molecule has 1 aliphatic heterocycles. The zero-order valence-corrected chi connectivity index (χ0v) is 22.1. The van der Waals surface area contributed by atoms with Gasteiger partial charge in [-0.15, -0.1) is 11.3 Å². The number of pyridine rings is 1. The number of aromatic nitrogens is 3. The summed E-state index contributed by atoms with van der Waals surface area (Å²) < 4.78 is 21.7. The second-order valence-electron chi connectivity index (χ2n) is 9.75. The van der Waals surface area contributed by atoms with E-state index in [4.69, 9.17) is 4.74 Å². The number of amides is 1. The zero-order chi connectivity index (χ0) is 26.8. The van der Waals surface area contributed by atoms with E-state index in [-0.39, 0.29) is 18.2 Å². The smallest absolute Gasteiger partial charge is 0.304 e. The van der Waals surface area contributed by atoms with E-state index in [0.29, 0.717) is 36.0 Å². The van der Waals surface area contributed by atoms with Gasteiger partial charge in [0, 0.05) is 67.5 Å². The van der Waals surface area contributed by atoms with Gasteiger partial charge in [-0.25, -0.2) is 14.4 Å². The first-order chi connectivity index (χ1) is 18.3. The summed E-state index contributed by atoms with van der Waals surface area (Å²) in [5.41, 5.74) is 3.58. The maximum Gasteiger partial charge on any atom is 0.304 e. The molecule has 198 valence electrons. The van der Waals surface area contributed by atoms with Crippen molar-refractivity contribution in [1.82, 2.24) is 14.5 Å². The standard InChI is InChI=1S/C28H29FN4O4S/c1-32-8-5-18-12-20(15-30-26(18)32)22-4-3-21(29)14-23(22)24-16-38-28(31-24)33(2)27(36)19(13-25(34)35)11-17-6-9-37-10-7-17/h3-5,8,12,14-17,19H,6-7,9-11,13H2,1-2H3,(H,34,35)/t19-/m1/s1. The van der Waals surface area contributed by atoms with Gasteiger partial charge in [0.2, 0.25) is 5.91 Å². The highest BCUT2D eigenvalue weighted by Crippen LogP contribution is 2.36. The van der Waals surface area contributed by atoms with Gasteiger partial charge < -0.3 is 14.4 Å². The minimum atomic E-state index is -1.00. The number of hydrogen-bond donors (Lipinski definition) is 1. The largest absolute Gasteiger partial charge is 0.481 e. The lowest BCUT2D eigenvalue weighted by Gasteiger charge is -2.27. The fourth-order valence-electron chi connectivity index (χ4n) is 5.06. The second kappa shape index (κ2) is 11.0. The molecule has 3 aromatic heterocycles. The molecular weight excluding hydrogens is 507 g/mol. The van der Waals surface area contributed by atoms with Gasteiger partial charge in [0.1, 0.15) is 11.5 Å². The van der Waals surface area contributed by atoms with E-state index in [0.717, 1.165) is 35.0 Å². The lowest BCUT2D eigenvalue weighted by atomic mass is 9.86. The van der Waals surface area contributed by atoms with Gasteiger partial charge in [-0.2, -0.15) is 0 Å². The molecule has 0 spiro atoms. The molecule has 1 fully saturated rings. The van der Waals surface area contributed by atoms with E-state index in [2.05, 4.69) is 9.97 Å². The Morgan fingerprint density at radius 2 is 2.03 bits per heavy atom. The van der Waals surface area contributed by atoms with Crippen LogP contribution in [0.1, 0.15) is 25.7 Å². The third-order valence-corrected chi connectivity index (χ3v) is 8.03. The third kappa shape index (κ3) is 5.46. The number of anilines is 1. The Morgan fingerprint density at radius 3 is 2.79 bits per heavy atom. The summed E-state index contributed by atoms with van der Waals surface area (Å²) >= 11 is 1.26. The van der Waals surface area contributed by atoms with Crippen molar-refractivity contribution in [1.29, 1.82) is 0 Å². The SMILES string of the molecule is CN(C(=O)[C@@H](CC(=O)O)CC1CCOCC1)c1nc(-c2cc(F)ccc2-c2cnc3c(ccn3C)c2)cs1. The number of carbonyl (C=O) groups excluding carboxylic acids is 1. The Morgan fingerprint density at radius 1 is 1.24 bits per heavy atom. The highest BCUT2D eigenvalue weighted by atomic mass is 32.1. The van der Waals surface area contributed by atoms with Crippen molar-refractivity contribution in [3.63, 3.8) is 0 Å². The molecule has 10 heteroatoms. The number of carboxylic acids is 1. The van der Waals surface area contributed by atoms with Gasteiger partial charge >= 0.3 is 5.97 Å². The maximum atomic E-state index is 14.4. The minimum absolute atomic E-state index is 0.234. The van der Waals surface area contributed by atoms with Crippen molar-refractivity contribution in [2.45, 2.75) is 25.7 Å². The van der Waals surface area contributed by atoms with E-state index in [1.807, 2.05) is 29.9 Å². The van der Waals surface area contributed by atoms with Crippen LogP contribution in [0.25, 0.3) is 33.4 Å². The molecular formula is C28H29FN4O4S. The van der Waals surface area contributed by atoms with Gasteiger partial charge in [-0.3, -0.25) is 14.5 Å². The predicted octanol–water partition coefficient (Wildman–Crippen LogP) is 5.37. The number of aliphatic carboxylic acids is 1. The van der Waals surface area contributed by atoms with Gasteiger partial charge in [-0.1, -0.05) is 6.07 Å². The number of ether oxygens (including phenoxy) is 1. The summed E-state index contributed by atoms with van der Waals surface area (Å²) in [4.78, 5) is 35.6. The normalized spacial score (nSPS) is 15.0. The number of fused-ring (bicyclic) bond motifs is 1. The quantitative estimate of drug-likeness (QED) is 0.325. The molecule has 4 heterocycles. The number of rotatable bonds is 8. The Kier molecular flexibility index (Phi) is 7.53. The number of halogens is 1. The second-order valence-corrected chi connectivity index (χ2v) is 10.6. The van der Waals surface area contributed by atoms with Crippen molar-refractivity contribution in [2.75, 3.05) is 25.2 Å². The molecule has 5 rings (SSSR count). The lowest BCUT2D eigenvalue weighted by Crippen LogP contribution is -2.35. The number of carbonyl (C=O) groups is 2. The Hall–Kier alpha value is -3.63. The van der Waals surface area contributed by atoms with Gasteiger partial charge in [0.25, 0.3) is 0 Å². The van der Waals surface area contributed by atoms with E-state index in [1.165, 1.54) is 28.4 Å². The van der Waals surface area contributed by atoms with E-state index >= 15 is 0 Å². The molecule has 0 saturated carbocycles. The van der Waals surface area contributed by atoms with E-state index in [1.54, 1.807) is 24.7 Å². The lowest BCUT2D eigenvalue weighted by molar-refractivity contribution is -0.141. The van der Waals surface area contributed by atoms with Crippen LogP contribution in [-0.2, 0) is 21.4 Å². The molecule has 1 aromatic carbocycles. The molecule has 8 nitrogen and oxygen atoms in total. The highest BCUT2D eigenvalue weighted by Gasteiger charge is 2.30. The van der Waals surface area contributed by atoms with E-state index < -0.39 is 17.7 Å². The fourth-order valence-corrected chi connectivity index (χ4v) is 5.85. The molecule has 0 unspecified atom stereocenters. The van der Waals surface area contributed by atoms with Crippen LogP contribution in [-0.4, -0.2) is 51.8 Å². The first kappa shape index (κ1) is 26.0. The van der Waals surface area contributed by atoms with Crippen LogP contribution in [0.15, 0.2) is 48.1 Å². The van der Waals surface area contributed by atoms with Gasteiger partial charge in [0.05, 0.1) is 12.1 Å². The minimum Gasteiger partial charge on any atom is -0.481 e. The fraction of sp³-hybridized carbons (Fsp3) is 0.357. The summed E-state index contributed by atoms with van der Waals surface area (Å²) in [6.45, 7) is 1.26. The summed E-state index contributed by atoms with van der Waals surface area (Å²) in [7, 11) is 3.54. The topological polar surface area (TPSA) is 97.6 Å².